The molecule has 1 unspecified atom stereocenters. The van der Waals surface area contributed by atoms with Gasteiger partial charge in [0, 0.05) is 25.7 Å². The highest BCUT2D eigenvalue weighted by atomic mass is 35.5. The Morgan fingerprint density at radius 1 is 1.48 bits per heavy atom. The maximum atomic E-state index is 14.5. The molecule has 0 amide bonds. The van der Waals surface area contributed by atoms with Crippen LogP contribution >= 0.6 is 12.4 Å². The molecule has 134 valence electrons. The van der Waals surface area contributed by atoms with E-state index in [1.807, 2.05) is 6.92 Å². The summed E-state index contributed by atoms with van der Waals surface area (Å²) in [5, 5.41) is 2.09. The van der Waals surface area contributed by atoms with E-state index in [-0.39, 0.29) is 46.4 Å². The van der Waals surface area contributed by atoms with E-state index in [2.05, 4.69) is 10.1 Å². The van der Waals surface area contributed by atoms with Crippen LogP contribution in [0.5, 0.6) is 0 Å². The van der Waals surface area contributed by atoms with E-state index in [1.165, 1.54) is 0 Å². The Morgan fingerprint density at radius 3 is 2.88 bits per heavy atom. The predicted octanol–water partition coefficient (Wildman–Crippen LogP) is 0.949. The van der Waals surface area contributed by atoms with E-state index in [0.29, 0.717) is 19.6 Å². The molecule has 0 spiro atoms. The van der Waals surface area contributed by atoms with E-state index in [4.69, 9.17) is 10.3 Å². The molecule has 10 heteroatoms. The van der Waals surface area contributed by atoms with Crippen molar-refractivity contribution in [2.75, 3.05) is 18.0 Å². The van der Waals surface area contributed by atoms with Crippen molar-refractivity contribution < 1.29 is 8.91 Å². The van der Waals surface area contributed by atoms with Crippen LogP contribution < -0.4 is 21.6 Å². The number of aromatic nitrogens is 3. The van der Waals surface area contributed by atoms with Gasteiger partial charge < -0.3 is 15.2 Å². The number of anilines is 1. The SMILES string of the molecule is CCn1c2nc(N3CCC(N)C3)c(F)cc2c(=O)c2c(=O)[nH]oc21.Cl. The smallest absolute Gasteiger partial charge is 0.293 e. The average molecular weight is 370 g/mol. The van der Waals surface area contributed by atoms with Crippen molar-refractivity contribution in [2.24, 2.45) is 5.73 Å². The lowest BCUT2D eigenvalue weighted by Gasteiger charge is -2.19. The van der Waals surface area contributed by atoms with E-state index in [0.717, 1.165) is 12.5 Å². The second-order valence-electron chi connectivity index (χ2n) is 5.95. The van der Waals surface area contributed by atoms with Crippen LogP contribution in [0.1, 0.15) is 13.3 Å². The highest BCUT2D eigenvalue weighted by molar-refractivity contribution is 5.89. The first kappa shape index (κ1) is 17.4. The normalized spacial score (nSPS) is 17.4. The summed E-state index contributed by atoms with van der Waals surface area (Å²) in [5.41, 5.74) is 5.06. The third-order valence-electron chi connectivity index (χ3n) is 4.43. The topological polar surface area (TPSA) is 110 Å². The molecule has 1 atom stereocenters. The molecule has 4 rings (SSSR count). The van der Waals surface area contributed by atoms with Gasteiger partial charge in [-0.25, -0.2) is 9.37 Å². The van der Waals surface area contributed by atoms with Gasteiger partial charge in [-0.3, -0.25) is 14.2 Å². The Kier molecular flexibility index (Phi) is 4.29. The quantitative estimate of drug-likeness (QED) is 0.696. The summed E-state index contributed by atoms with van der Waals surface area (Å²) in [6.07, 6.45) is 0.755. The van der Waals surface area contributed by atoms with Gasteiger partial charge in [-0.05, 0) is 19.4 Å². The molecular weight excluding hydrogens is 353 g/mol. The van der Waals surface area contributed by atoms with Crippen LogP contribution in [0.15, 0.2) is 20.2 Å². The summed E-state index contributed by atoms with van der Waals surface area (Å²) in [6.45, 7) is 3.35. The van der Waals surface area contributed by atoms with Crippen molar-refractivity contribution >= 4 is 40.4 Å². The zero-order valence-corrected chi connectivity index (χ0v) is 14.2. The third-order valence-corrected chi connectivity index (χ3v) is 4.43. The fourth-order valence-electron chi connectivity index (χ4n) is 3.25. The fourth-order valence-corrected chi connectivity index (χ4v) is 3.25. The van der Waals surface area contributed by atoms with Crippen molar-refractivity contribution in [1.29, 1.82) is 0 Å². The second kappa shape index (κ2) is 6.16. The molecule has 3 aromatic heterocycles. The number of fused-ring (bicyclic) bond motifs is 2. The standard InChI is InChI=1S/C15H16FN5O3.ClH/c1-2-21-12-8(11(22)10-14(23)19-24-15(10)21)5-9(16)13(18-12)20-4-3-7(17)6-20;/h5,7H,2-4,6,17H2,1H3,(H,19,23);1H. The van der Waals surface area contributed by atoms with Gasteiger partial charge in [-0.15, -0.1) is 12.4 Å². The molecule has 0 saturated carbocycles. The van der Waals surface area contributed by atoms with Crippen molar-refractivity contribution in [3.63, 3.8) is 0 Å². The van der Waals surface area contributed by atoms with Gasteiger partial charge in [0.2, 0.25) is 11.1 Å². The number of nitrogens with zero attached hydrogens (tertiary/aromatic N) is 3. The third kappa shape index (κ3) is 2.50. The minimum atomic E-state index is -0.630. The summed E-state index contributed by atoms with van der Waals surface area (Å²) in [7, 11) is 0. The number of pyridine rings is 2. The van der Waals surface area contributed by atoms with Crippen LogP contribution in [-0.2, 0) is 6.54 Å². The molecule has 1 aliphatic heterocycles. The maximum Gasteiger partial charge on any atom is 0.293 e. The van der Waals surface area contributed by atoms with Crippen LogP contribution in [0.25, 0.3) is 22.1 Å². The zero-order chi connectivity index (χ0) is 17.0. The summed E-state index contributed by atoms with van der Waals surface area (Å²) >= 11 is 0. The van der Waals surface area contributed by atoms with Gasteiger partial charge in [0.15, 0.2) is 17.0 Å². The summed E-state index contributed by atoms with van der Waals surface area (Å²) in [6, 6.07) is 1.11. The van der Waals surface area contributed by atoms with Gasteiger partial charge in [-0.1, -0.05) is 0 Å². The van der Waals surface area contributed by atoms with Gasteiger partial charge >= 0.3 is 0 Å². The molecule has 1 fully saturated rings. The molecule has 1 aliphatic rings. The fraction of sp³-hybridized carbons (Fsp3) is 0.400. The van der Waals surface area contributed by atoms with E-state index in [9.17, 15) is 14.0 Å². The summed E-state index contributed by atoms with van der Waals surface area (Å²) in [5.74, 6) is -0.440. The Hall–Kier alpha value is -2.39. The molecule has 0 radical (unpaired) electrons. The average Bonchev–Trinajstić information content (AvgIpc) is 3.15. The van der Waals surface area contributed by atoms with Crippen molar-refractivity contribution in [1.82, 2.24) is 14.7 Å². The number of halogens is 2. The molecule has 3 N–H and O–H groups in total. The van der Waals surface area contributed by atoms with Gasteiger partial charge in [0.1, 0.15) is 5.65 Å². The summed E-state index contributed by atoms with van der Waals surface area (Å²) < 4.78 is 21.3. The molecule has 3 aromatic rings. The minimum absolute atomic E-state index is 0. The second-order valence-corrected chi connectivity index (χ2v) is 5.95. The lowest BCUT2D eigenvalue weighted by Crippen LogP contribution is -2.28. The van der Waals surface area contributed by atoms with E-state index < -0.39 is 16.8 Å². The van der Waals surface area contributed by atoms with Crippen LogP contribution in [0.2, 0.25) is 0 Å². The highest BCUT2D eigenvalue weighted by Gasteiger charge is 2.25. The maximum absolute atomic E-state index is 14.5. The Labute approximate surface area is 146 Å². The lowest BCUT2D eigenvalue weighted by molar-refractivity contribution is 0.429. The van der Waals surface area contributed by atoms with Gasteiger partial charge in [0.05, 0.1) is 5.39 Å². The number of hydrogen-bond donors (Lipinski definition) is 2. The summed E-state index contributed by atoms with van der Waals surface area (Å²) in [4.78, 5) is 30.5. The molecular formula is C15H17ClFN5O3. The van der Waals surface area contributed by atoms with E-state index in [1.54, 1.807) is 9.47 Å². The molecule has 4 heterocycles. The lowest BCUT2D eigenvalue weighted by atomic mass is 10.2. The van der Waals surface area contributed by atoms with Crippen molar-refractivity contribution in [3.8, 4) is 0 Å². The molecule has 0 bridgehead atoms. The number of aryl methyl sites for hydroxylation is 1. The zero-order valence-electron chi connectivity index (χ0n) is 13.4. The number of rotatable bonds is 2. The Balaban J connectivity index is 0.00000182. The number of nitrogens with two attached hydrogens (primary N) is 1. The van der Waals surface area contributed by atoms with Gasteiger partial charge in [-0.2, -0.15) is 5.16 Å². The monoisotopic (exact) mass is 369 g/mol. The first-order valence-electron chi connectivity index (χ1n) is 7.76. The van der Waals surface area contributed by atoms with Crippen LogP contribution in [0.3, 0.4) is 0 Å². The van der Waals surface area contributed by atoms with E-state index >= 15 is 0 Å². The van der Waals surface area contributed by atoms with Crippen LogP contribution in [0, 0.1) is 5.82 Å². The predicted molar refractivity (Wildman–Crippen MR) is 94.1 cm³/mol. The Bertz CT molecular complexity index is 1070. The molecule has 1 saturated heterocycles. The largest absolute Gasteiger partial charge is 0.360 e. The molecule has 0 aliphatic carbocycles. The first-order valence-corrected chi connectivity index (χ1v) is 7.76. The molecule has 8 nitrogen and oxygen atoms in total. The van der Waals surface area contributed by atoms with Crippen LogP contribution in [-0.4, -0.2) is 33.8 Å². The van der Waals surface area contributed by atoms with Crippen molar-refractivity contribution in [2.45, 2.75) is 25.9 Å². The Morgan fingerprint density at radius 2 is 2.24 bits per heavy atom. The van der Waals surface area contributed by atoms with Crippen LogP contribution in [0.4, 0.5) is 10.2 Å². The number of aromatic amines is 1. The molecule has 0 aromatic carbocycles. The highest BCUT2D eigenvalue weighted by Crippen LogP contribution is 2.25. The minimum Gasteiger partial charge on any atom is -0.360 e. The number of H-pyrrole nitrogens is 1. The molecule has 25 heavy (non-hydrogen) atoms. The van der Waals surface area contributed by atoms with Crippen molar-refractivity contribution in [3.05, 3.63) is 32.5 Å². The van der Waals surface area contributed by atoms with Gasteiger partial charge in [0.25, 0.3) is 5.56 Å². The number of nitrogens with one attached hydrogen (secondary N) is 1. The number of hydrogen-bond acceptors (Lipinski definition) is 6. The first-order chi connectivity index (χ1) is 11.5.